The summed E-state index contributed by atoms with van der Waals surface area (Å²) < 4.78 is 12.7. The smallest absolute Gasteiger partial charge is 0.325 e. The second-order valence-corrected chi connectivity index (χ2v) is 6.62. The topological polar surface area (TPSA) is 111 Å². The number of carbonyl (C=O) groups excluding carboxylic acids is 2. The molecule has 1 atom stereocenters. The van der Waals surface area contributed by atoms with Gasteiger partial charge in [-0.3, -0.25) is 9.69 Å². The molecule has 1 aromatic heterocycles. The Morgan fingerprint density at radius 1 is 1.22 bits per heavy atom. The molecule has 0 aliphatic carbocycles. The zero-order chi connectivity index (χ0) is 19.0. The van der Waals surface area contributed by atoms with Crippen LogP contribution in [0.2, 0.25) is 0 Å². The molecule has 0 radical (unpaired) electrons. The molecule has 3 heterocycles. The zero-order valence-corrected chi connectivity index (χ0v) is 15.1. The molecular weight excluding hydrogens is 352 g/mol. The van der Waals surface area contributed by atoms with Crippen molar-refractivity contribution in [3.8, 4) is 11.5 Å². The molecule has 2 aromatic rings. The Hall–Kier alpha value is -3.17. The van der Waals surface area contributed by atoms with Crippen molar-refractivity contribution in [3.05, 3.63) is 29.6 Å². The van der Waals surface area contributed by atoms with Gasteiger partial charge < -0.3 is 14.8 Å². The fourth-order valence-corrected chi connectivity index (χ4v) is 3.25. The first kappa shape index (κ1) is 17.3. The predicted molar refractivity (Wildman–Crippen MR) is 92.0 cm³/mol. The van der Waals surface area contributed by atoms with E-state index in [9.17, 15) is 9.59 Å². The fourth-order valence-electron chi connectivity index (χ4n) is 3.25. The maximum absolute atomic E-state index is 13.1. The third-order valence-electron chi connectivity index (χ3n) is 4.74. The summed E-state index contributed by atoms with van der Waals surface area (Å²) in [7, 11) is 0. The monoisotopic (exact) mass is 372 g/mol. The highest BCUT2D eigenvalue weighted by Gasteiger charge is 2.49. The molecule has 10 nitrogen and oxygen atoms in total. The molecular formula is C17H20N6O4. The van der Waals surface area contributed by atoms with E-state index in [2.05, 4.69) is 20.8 Å². The molecule has 0 saturated carbocycles. The van der Waals surface area contributed by atoms with Crippen LogP contribution in [0.25, 0.3) is 0 Å². The molecule has 0 spiro atoms. The molecule has 4 rings (SSSR count). The molecule has 3 amide bonds. The summed E-state index contributed by atoms with van der Waals surface area (Å²) in [4.78, 5) is 26.7. The van der Waals surface area contributed by atoms with Crippen molar-refractivity contribution in [3.63, 3.8) is 0 Å². The quantitative estimate of drug-likeness (QED) is 0.774. The van der Waals surface area contributed by atoms with Crippen LogP contribution in [0.1, 0.15) is 31.7 Å². The minimum Gasteiger partial charge on any atom is -0.486 e. The Balaban J connectivity index is 1.61. The van der Waals surface area contributed by atoms with Gasteiger partial charge in [-0.2, -0.15) is 0 Å². The number of imide groups is 1. The summed E-state index contributed by atoms with van der Waals surface area (Å²) >= 11 is 0. The Bertz CT molecular complexity index is 897. The second-order valence-electron chi connectivity index (χ2n) is 6.62. The molecule has 2 aliphatic rings. The van der Waals surface area contributed by atoms with Crippen LogP contribution in [-0.2, 0) is 23.4 Å². The Labute approximate surface area is 155 Å². The van der Waals surface area contributed by atoms with Gasteiger partial charge in [-0.05, 0) is 41.5 Å². The van der Waals surface area contributed by atoms with E-state index in [1.807, 2.05) is 6.92 Å². The largest absolute Gasteiger partial charge is 0.486 e. The summed E-state index contributed by atoms with van der Waals surface area (Å²) in [6.07, 6.45) is 0.840. The van der Waals surface area contributed by atoms with Crippen molar-refractivity contribution in [1.29, 1.82) is 0 Å². The first-order valence-corrected chi connectivity index (χ1v) is 8.82. The van der Waals surface area contributed by atoms with Crippen LogP contribution in [0.5, 0.6) is 11.5 Å². The Morgan fingerprint density at radius 3 is 2.78 bits per heavy atom. The van der Waals surface area contributed by atoms with Crippen LogP contribution >= 0.6 is 0 Å². The summed E-state index contributed by atoms with van der Waals surface area (Å²) in [6, 6.07) is 4.76. The number of aromatic nitrogens is 4. The number of hydrogen-bond donors (Lipinski definition) is 1. The SMILES string of the molecule is CCCn1nnnc1CN1C(=O)N[C@](C)(c2ccc3c(c2)OCCO3)C1=O. The minimum absolute atomic E-state index is 0.0117. The molecule has 27 heavy (non-hydrogen) atoms. The fraction of sp³-hybridized carbons (Fsp3) is 0.471. The van der Waals surface area contributed by atoms with Crippen molar-refractivity contribution in [1.82, 2.24) is 30.4 Å². The molecule has 1 aromatic carbocycles. The van der Waals surface area contributed by atoms with Crippen LogP contribution in [0.15, 0.2) is 18.2 Å². The molecule has 1 fully saturated rings. The van der Waals surface area contributed by atoms with Gasteiger partial charge in [0, 0.05) is 6.54 Å². The number of rotatable bonds is 5. The average molecular weight is 372 g/mol. The van der Waals surface area contributed by atoms with E-state index >= 15 is 0 Å². The Morgan fingerprint density at radius 2 is 2.00 bits per heavy atom. The number of hydrogen-bond acceptors (Lipinski definition) is 7. The molecule has 0 bridgehead atoms. The van der Waals surface area contributed by atoms with Gasteiger partial charge in [0.2, 0.25) is 0 Å². The zero-order valence-electron chi connectivity index (χ0n) is 15.1. The van der Waals surface area contributed by atoms with Crippen LogP contribution in [0.3, 0.4) is 0 Å². The van der Waals surface area contributed by atoms with Crippen LogP contribution < -0.4 is 14.8 Å². The molecule has 0 unspecified atom stereocenters. The van der Waals surface area contributed by atoms with Crippen molar-refractivity contribution in [2.45, 2.75) is 38.9 Å². The van der Waals surface area contributed by atoms with E-state index in [1.165, 1.54) is 0 Å². The van der Waals surface area contributed by atoms with E-state index in [4.69, 9.17) is 9.47 Å². The summed E-state index contributed by atoms with van der Waals surface area (Å²) in [5.74, 6) is 1.29. The number of amides is 3. The minimum atomic E-state index is -1.20. The van der Waals surface area contributed by atoms with Gasteiger partial charge in [-0.25, -0.2) is 9.48 Å². The van der Waals surface area contributed by atoms with E-state index in [0.717, 1.165) is 11.3 Å². The third-order valence-corrected chi connectivity index (χ3v) is 4.74. The van der Waals surface area contributed by atoms with Gasteiger partial charge in [-0.1, -0.05) is 13.0 Å². The Kier molecular flexibility index (Phi) is 4.17. The lowest BCUT2D eigenvalue weighted by atomic mass is 9.91. The maximum Gasteiger partial charge on any atom is 0.325 e. The van der Waals surface area contributed by atoms with Gasteiger partial charge in [0.25, 0.3) is 5.91 Å². The number of urea groups is 1. The standard InChI is InChI=1S/C17H20N6O4/c1-3-6-23-14(19-20-21-23)10-22-15(24)17(2,18-16(22)25)11-4-5-12-13(9-11)27-8-7-26-12/h4-5,9H,3,6-8,10H2,1-2H3,(H,18,25)/t17-/m1/s1. The number of benzene rings is 1. The van der Waals surface area contributed by atoms with Crippen molar-refractivity contribution < 1.29 is 19.1 Å². The highest BCUT2D eigenvalue weighted by molar-refractivity contribution is 6.07. The van der Waals surface area contributed by atoms with Crippen molar-refractivity contribution >= 4 is 11.9 Å². The van der Waals surface area contributed by atoms with E-state index in [-0.39, 0.29) is 12.5 Å². The number of aryl methyl sites for hydroxylation is 1. The molecule has 142 valence electrons. The summed E-state index contributed by atoms with van der Waals surface area (Å²) in [5.41, 5.74) is -0.573. The highest BCUT2D eigenvalue weighted by atomic mass is 16.6. The molecule has 2 aliphatic heterocycles. The average Bonchev–Trinajstić information content (AvgIpc) is 3.20. The first-order valence-electron chi connectivity index (χ1n) is 8.82. The van der Waals surface area contributed by atoms with Gasteiger partial charge in [0.05, 0.1) is 6.54 Å². The van der Waals surface area contributed by atoms with E-state index in [0.29, 0.717) is 42.6 Å². The van der Waals surface area contributed by atoms with Crippen molar-refractivity contribution in [2.75, 3.05) is 13.2 Å². The maximum atomic E-state index is 13.1. The lowest BCUT2D eigenvalue weighted by molar-refractivity contribution is -0.131. The van der Waals surface area contributed by atoms with Crippen LogP contribution in [0.4, 0.5) is 4.79 Å². The normalized spacial score (nSPS) is 21.5. The summed E-state index contributed by atoms with van der Waals surface area (Å²) in [5, 5.41) is 14.3. The molecule has 1 saturated heterocycles. The van der Waals surface area contributed by atoms with Crippen molar-refractivity contribution in [2.24, 2.45) is 0 Å². The lowest BCUT2D eigenvalue weighted by Gasteiger charge is -2.25. The number of carbonyl (C=O) groups is 2. The number of fused-ring (bicyclic) bond motifs is 1. The van der Waals surface area contributed by atoms with Gasteiger partial charge in [-0.15, -0.1) is 5.10 Å². The van der Waals surface area contributed by atoms with Gasteiger partial charge >= 0.3 is 6.03 Å². The van der Waals surface area contributed by atoms with Gasteiger partial charge in [0.15, 0.2) is 17.3 Å². The molecule has 10 heteroatoms. The number of ether oxygens (including phenoxy) is 2. The number of nitrogens with one attached hydrogen (secondary N) is 1. The van der Waals surface area contributed by atoms with E-state index in [1.54, 1.807) is 29.8 Å². The lowest BCUT2D eigenvalue weighted by Crippen LogP contribution is -2.41. The summed E-state index contributed by atoms with van der Waals surface area (Å²) in [6.45, 7) is 5.23. The number of tetrazole rings is 1. The number of nitrogens with zero attached hydrogens (tertiary/aromatic N) is 5. The van der Waals surface area contributed by atoms with Crippen LogP contribution in [0, 0.1) is 0 Å². The predicted octanol–water partition coefficient (Wildman–Crippen LogP) is 0.821. The van der Waals surface area contributed by atoms with Crippen LogP contribution in [-0.4, -0.2) is 50.3 Å². The van der Waals surface area contributed by atoms with Gasteiger partial charge in [0.1, 0.15) is 18.8 Å². The van der Waals surface area contributed by atoms with E-state index < -0.39 is 11.6 Å². The third kappa shape index (κ3) is 2.86. The second kappa shape index (κ2) is 6.53. The first-order chi connectivity index (χ1) is 13.0. The highest BCUT2D eigenvalue weighted by Crippen LogP contribution is 2.37. The molecule has 1 N–H and O–H groups in total.